The molecule has 0 radical (unpaired) electrons. The van der Waals surface area contributed by atoms with Crippen LogP contribution in [-0.4, -0.2) is 38.0 Å². The average Bonchev–Trinajstić information content (AvgIpc) is 2.60. The summed E-state index contributed by atoms with van der Waals surface area (Å²) in [5, 5.41) is 10.2. The second kappa shape index (κ2) is 8.19. The van der Waals surface area contributed by atoms with Crippen LogP contribution in [0.15, 0.2) is 30.3 Å². The zero-order valence-corrected chi connectivity index (χ0v) is 16.1. The zero-order chi connectivity index (χ0) is 18.6. The van der Waals surface area contributed by atoms with Crippen molar-refractivity contribution >= 4 is 34.2 Å². The summed E-state index contributed by atoms with van der Waals surface area (Å²) in [6.07, 6.45) is -0.403. The van der Waals surface area contributed by atoms with Gasteiger partial charge in [-0.15, -0.1) is 0 Å². The van der Waals surface area contributed by atoms with Gasteiger partial charge in [0, 0.05) is 5.56 Å². The Morgan fingerprint density at radius 1 is 0.920 bits per heavy atom. The third-order valence-electron chi connectivity index (χ3n) is 3.62. The van der Waals surface area contributed by atoms with Gasteiger partial charge in [-0.1, -0.05) is 0 Å². The van der Waals surface area contributed by atoms with Crippen molar-refractivity contribution in [2.75, 3.05) is 21.3 Å². The van der Waals surface area contributed by atoms with Crippen molar-refractivity contribution in [2.24, 2.45) is 0 Å². The second-order valence-corrected chi connectivity index (χ2v) is 6.23. The van der Waals surface area contributed by atoms with Gasteiger partial charge in [0.2, 0.25) is 0 Å². The van der Waals surface area contributed by atoms with Gasteiger partial charge in [0.25, 0.3) is 0 Å². The lowest BCUT2D eigenvalue weighted by Gasteiger charge is -2.12. The lowest BCUT2D eigenvalue weighted by atomic mass is 9.99. The number of halogens is 1. The number of benzene rings is 2. The number of phenolic OH excluding ortho intramolecular Hbond substituents is 1. The molecule has 0 aliphatic carbocycles. The normalized spacial score (nSPS) is 10.2. The lowest BCUT2D eigenvalue weighted by Crippen LogP contribution is -2.11. The fourth-order valence-corrected chi connectivity index (χ4v) is 3.07. The van der Waals surface area contributed by atoms with Gasteiger partial charge in [-0.05, 0) is 52.9 Å². The molecule has 0 saturated heterocycles. The van der Waals surface area contributed by atoms with Crippen molar-refractivity contribution in [3.63, 3.8) is 0 Å². The smallest absolute Gasteiger partial charge is 0.178 e. The highest BCUT2D eigenvalue weighted by atomic mass is 127. The number of Topliss-reactive ketones (excluding diaryl/α,β-unsaturated/α-hetero) is 2. The highest BCUT2D eigenvalue weighted by Gasteiger charge is 2.23. The van der Waals surface area contributed by atoms with Crippen LogP contribution in [0.4, 0.5) is 0 Å². The van der Waals surface area contributed by atoms with E-state index in [9.17, 15) is 14.7 Å². The molecule has 2 rings (SSSR count). The first kappa shape index (κ1) is 19.0. The number of methoxy groups -OCH3 is 3. The number of ketones is 2. The van der Waals surface area contributed by atoms with Crippen molar-refractivity contribution in [1.29, 1.82) is 0 Å². The molecule has 0 aliphatic rings. The summed E-state index contributed by atoms with van der Waals surface area (Å²) in [6.45, 7) is 0. The van der Waals surface area contributed by atoms with Crippen LogP contribution in [0.2, 0.25) is 0 Å². The van der Waals surface area contributed by atoms with E-state index in [4.69, 9.17) is 14.2 Å². The number of hydrogen-bond acceptors (Lipinski definition) is 6. The minimum absolute atomic E-state index is 0.0709. The van der Waals surface area contributed by atoms with Crippen molar-refractivity contribution in [3.05, 3.63) is 45.0 Å². The molecule has 0 fully saturated rings. The van der Waals surface area contributed by atoms with Crippen LogP contribution >= 0.6 is 22.6 Å². The van der Waals surface area contributed by atoms with Gasteiger partial charge in [-0.25, -0.2) is 0 Å². The predicted octanol–water partition coefficient (Wildman–Crippen LogP) is 3.48. The quantitative estimate of drug-likeness (QED) is 0.391. The first-order valence-electron chi connectivity index (χ1n) is 7.26. The Morgan fingerprint density at radius 3 is 2.04 bits per heavy atom. The molecular weight excluding hydrogens is 439 g/mol. The molecule has 0 atom stereocenters. The Balaban J connectivity index is 2.30. The third kappa shape index (κ3) is 4.04. The number of phenols is 1. The van der Waals surface area contributed by atoms with Crippen molar-refractivity contribution in [2.45, 2.75) is 6.42 Å². The SMILES string of the molecule is COc1ccc(C(=O)CC(=O)c2c(OC)ccc(OC)c2O)cc1I. The standard InChI is InChI=1S/C18H17IO6/c1-23-14-5-4-10(8-11(14)19)12(20)9-13(21)17-15(24-2)6-7-16(25-3)18(17)22/h4-8,22H,9H2,1-3H3. The molecule has 2 aromatic rings. The summed E-state index contributed by atoms with van der Waals surface area (Å²) in [4.78, 5) is 25.0. The molecule has 0 bridgehead atoms. The Bertz CT molecular complexity index is 815. The highest BCUT2D eigenvalue weighted by Crippen LogP contribution is 2.37. The highest BCUT2D eigenvalue weighted by molar-refractivity contribution is 14.1. The number of carbonyl (C=O) groups excluding carboxylic acids is 2. The Morgan fingerprint density at radius 2 is 1.48 bits per heavy atom. The summed E-state index contributed by atoms with van der Waals surface area (Å²) < 4.78 is 16.0. The molecule has 1 N–H and O–H groups in total. The van der Waals surface area contributed by atoms with E-state index in [1.807, 2.05) is 0 Å². The molecule has 0 amide bonds. The molecule has 0 aliphatic heterocycles. The van der Waals surface area contributed by atoms with E-state index in [1.54, 1.807) is 25.3 Å². The Labute approximate surface area is 158 Å². The van der Waals surface area contributed by atoms with Crippen LogP contribution in [0.3, 0.4) is 0 Å². The van der Waals surface area contributed by atoms with E-state index >= 15 is 0 Å². The summed E-state index contributed by atoms with van der Waals surface area (Å²) >= 11 is 2.05. The van der Waals surface area contributed by atoms with E-state index in [2.05, 4.69) is 22.6 Å². The molecule has 0 saturated carbocycles. The fourth-order valence-electron chi connectivity index (χ4n) is 2.33. The summed E-state index contributed by atoms with van der Waals surface area (Å²) in [5.41, 5.74) is 0.318. The van der Waals surface area contributed by atoms with Crippen LogP contribution in [0.25, 0.3) is 0 Å². The lowest BCUT2D eigenvalue weighted by molar-refractivity contribution is 0.0891. The Kier molecular flexibility index (Phi) is 6.24. The van der Waals surface area contributed by atoms with Gasteiger partial charge in [-0.3, -0.25) is 9.59 Å². The van der Waals surface area contributed by atoms with E-state index in [0.29, 0.717) is 11.3 Å². The maximum absolute atomic E-state index is 12.6. The molecule has 25 heavy (non-hydrogen) atoms. The van der Waals surface area contributed by atoms with Crippen LogP contribution < -0.4 is 14.2 Å². The number of ether oxygens (including phenoxy) is 3. The maximum atomic E-state index is 12.6. The second-order valence-electron chi connectivity index (χ2n) is 5.07. The first-order chi connectivity index (χ1) is 11.9. The number of carbonyl (C=O) groups is 2. The van der Waals surface area contributed by atoms with E-state index < -0.39 is 12.2 Å². The average molecular weight is 456 g/mol. The number of aromatic hydroxyl groups is 1. The maximum Gasteiger partial charge on any atom is 0.178 e. The van der Waals surface area contributed by atoms with Gasteiger partial charge in [0.15, 0.2) is 23.1 Å². The largest absolute Gasteiger partial charge is 0.504 e. The minimum Gasteiger partial charge on any atom is -0.504 e. The van der Waals surface area contributed by atoms with Crippen LogP contribution in [0, 0.1) is 3.57 Å². The molecule has 132 valence electrons. The zero-order valence-electron chi connectivity index (χ0n) is 14.0. The van der Waals surface area contributed by atoms with Gasteiger partial charge in [-0.2, -0.15) is 0 Å². The van der Waals surface area contributed by atoms with Crippen LogP contribution in [0.5, 0.6) is 23.0 Å². The van der Waals surface area contributed by atoms with Crippen molar-refractivity contribution < 1.29 is 28.9 Å². The van der Waals surface area contributed by atoms with E-state index in [-0.39, 0.29) is 28.6 Å². The molecule has 0 spiro atoms. The van der Waals surface area contributed by atoms with Gasteiger partial charge >= 0.3 is 0 Å². The molecule has 0 aromatic heterocycles. The van der Waals surface area contributed by atoms with Gasteiger partial charge in [0.1, 0.15) is 17.1 Å². The van der Waals surface area contributed by atoms with Crippen molar-refractivity contribution in [3.8, 4) is 23.0 Å². The molecule has 2 aromatic carbocycles. The minimum atomic E-state index is -0.552. The molecular formula is C18H17IO6. The van der Waals surface area contributed by atoms with E-state index in [0.717, 1.165) is 3.57 Å². The summed E-state index contributed by atoms with van der Waals surface area (Å²) in [5.74, 6) is -0.297. The molecule has 7 heteroatoms. The first-order valence-corrected chi connectivity index (χ1v) is 8.34. The Hall–Kier alpha value is -2.29. The van der Waals surface area contributed by atoms with Crippen molar-refractivity contribution in [1.82, 2.24) is 0 Å². The molecule has 6 nitrogen and oxygen atoms in total. The number of rotatable bonds is 7. The molecule has 0 unspecified atom stereocenters. The monoisotopic (exact) mass is 456 g/mol. The summed E-state index contributed by atoms with van der Waals surface area (Å²) in [6, 6.07) is 7.91. The van der Waals surface area contributed by atoms with Crippen LogP contribution in [0.1, 0.15) is 27.1 Å². The fraction of sp³-hybridized carbons (Fsp3) is 0.222. The predicted molar refractivity (Wildman–Crippen MR) is 100 cm³/mol. The third-order valence-corrected chi connectivity index (χ3v) is 4.46. The number of hydrogen-bond donors (Lipinski definition) is 1. The van der Waals surface area contributed by atoms with Gasteiger partial charge in [0.05, 0.1) is 31.3 Å². The van der Waals surface area contributed by atoms with Crippen LogP contribution in [-0.2, 0) is 0 Å². The van der Waals surface area contributed by atoms with Gasteiger partial charge < -0.3 is 19.3 Å². The topological polar surface area (TPSA) is 82.1 Å². The summed E-state index contributed by atoms with van der Waals surface area (Å²) in [7, 11) is 4.30. The molecule has 0 heterocycles. The van der Waals surface area contributed by atoms with E-state index in [1.165, 1.54) is 26.4 Å².